The zero-order chi connectivity index (χ0) is 9.42. The van der Waals surface area contributed by atoms with E-state index in [9.17, 15) is 4.39 Å². The van der Waals surface area contributed by atoms with Crippen molar-refractivity contribution in [3.05, 3.63) is 29.1 Å². The second-order valence-corrected chi connectivity index (χ2v) is 3.52. The Hall–Kier alpha value is -1.09. The average Bonchev–Trinajstić information content (AvgIpc) is 2.12. The summed E-state index contributed by atoms with van der Waals surface area (Å²) in [5, 5.41) is 9.17. The van der Waals surface area contributed by atoms with Crippen molar-refractivity contribution in [1.29, 1.82) is 0 Å². The van der Waals surface area contributed by atoms with Crippen LogP contribution in [-0.2, 0) is 13.0 Å². The van der Waals surface area contributed by atoms with Crippen LogP contribution in [0.3, 0.4) is 0 Å². The van der Waals surface area contributed by atoms with Crippen molar-refractivity contribution in [2.75, 3.05) is 13.6 Å². The third kappa shape index (κ3) is 1.40. The Bertz CT molecular complexity index is 338. The predicted octanol–water partition coefficient (Wildman–Crippen LogP) is 1.52. The summed E-state index contributed by atoms with van der Waals surface area (Å²) in [6.07, 6.45) is 0.864. The maximum absolute atomic E-state index is 13.4. The second-order valence-electron chi connectivity index (χ2n) is 3.52. The Labute approximate surface area is 76.6 Å². The molecular weight excluding hydrogens is 169 g/mol. The Morgan fingerprint density at radius 1 is 1.46 bits per heavy atom. The fourth-order valence-corrected chi connectivity index (χ4v) is 1.71. The summed E-state index contributed by atoms with van der Waals surface area (Å²) in [4.78, 5) is 2.05. The summed E-state index contributed by atoms with van der Waals surface area (Å²) in [5.41, 5.74) is 1.67. The standard InChI is InChI=1S/C10H12FNO/c1-12-5-4-7-2-3-9(13)10(11)8(7)6-12/h2-3,13H,4-6H2,1H3. The van der Waals surface area contributed by atoms with E-state index in [-0.39, 0.29) is 5.75 Å². The Kier molecular flexibility index (Phi) is 1.96. The molecule has 1 aromatic carbocycles. The van der Waals surface area contributed by atoms with Gasteiger partial charge in [0.15, 0.2) is 11.6 Å². The van der Waals surface area contributed by atoms with Crippen LogP contribution in [0.2, 0.25) is 0 Å². The van der Waals surface area contributed by atoms with Gasteiger partial charge in [0.2, 0.25) is 0 Å². The summed E-state index contributed by atoms with van der Waals surface area (Å²) in [6.45, 7) is 1.55. The van der Waals surface area contributed by atoms with Crippen LogP contribution in [0.4, 0.5) is 4.39 Å². The van der Waals surface area contributed by atoms with Gasteiger partial charge in [-0.15, -0.1) is 0 Å². The van der Waals surface area contributed by atoms with E-state index in [1.54, 1.807) is 6.07 Å². The van der Waals surface area contributed by atoms with Crippen LogP contribution in [-0.4, -0.2) is 23.6 Å². The molecule has 0 aromatic heterocycles. The number of halogens is 1. The van der Waals surface area contributed by atoms with Crippen molar-refractivity contribution in [3.63, 3.8) is 0 Å². The summed E-state index contributed by atoms with van der Waals surface area (Å²) in [7, 11) is 1.95. The molecule has 0 atom stereocenters. The van der Waals surface area contributed by atoms with Crippen molar-refractivity contribution < 1.29 is 9.50 Å². The Morgan fingerprint density at radius 2 is 2.23 bits per heavy atom. The van der Waals surface area contributed by atoms with Gasteiger partial charge in [-0.05, 0) is 25.1 Å². The van der Waals surface area contributed by atoms with Gasteiger partial charge in [-0.25, -0.2) is 4.39 Å². The van der Waals surface area contributed by atoms with Crippen molar-refractivity contribution in [3.8, 4) is 5.75 Å². The van der Waals surface area contributed by atoms with Gasteiger partial charge in [0.1, 0.15) is 0 Å². The number of hydrogen-bond donors (Lipinski definition) is 1. The van der Waals surface area contributed by atoms with Crippen molar-refractivity contribution in [2.45, 2.75) is 13.0 Å². The first-order valence-corrected chi connectivity index (χ1v) is 4.36. The van der Waals surface area contributed by atoms with E-state index in [1.165, 1.54) is 6.07 Å². The molecule has 0 aliphatic carbocycles. The molecular formula is C10H12FNO. The fraction of sp³-hybridized carbons (Fsp3) is 0.400. The zero-order valence-electron chi connectivity index (χ0n) is 7.55. The first kappa shape index (κ1) is 8.51. The first-order chi connectivity index (χ1) is 6.18. The van der Waals surface area contributed by atoms with Crippen LogP contribution >= 0.6 is 0 Å². The van der Waals surface area contributed by atoms with E-state index < -0.39 is 5.82 Å². The molecule has 0 bridgehead atoms. The summed E-state index contributed by atoms with van der Waals surface area (Å²) >= 11 is 0. The van der Waals surface area contributed by atoms with Gasteiger partial charge in [-0.3, -0.25) is 0 Å². The molecule has 0 saturated heterocycles. The monoisotopic (exact) mass is 181 g/mol. The van der Waals surface area contributed by atoms with Crippen LogP contribution in [0, 0.1) is 5.82 Å². The molecule has 0 unspecified atom stereocenters. The van der Waals surface area contributed by atoms with Crippen LogP contribution in [0.5, 0.6) is 5.75 Å². The second kappa shape index (κ2) is 3.00. The minimum atomic E-state index is -0.455. The number of phenols is 1. The van der Waals surface area contributed by atoms with E-state index in [4.69, 9.17) is 5.11 Å². The summed E-state index contributed by atoms with van der Waals surface area (Å²) < 4.78 is 13.4. The number of nitrogens with zero attached hydrogens (tertiary/aromatic N) is 1. The van der Waals surface area contributed by atoms with Crippen LogP contribution in [0.1, 0.15) is 11.1 Å². The van der Waals surface area contributed by atoms with E-state index in [1.807, 2.05) is 11.9 Å². The minimum absolute atomic E-state index is 0.242. The number of fused-ring (bicyclic) bond motifs is 1. The molecule has 1 aliphatic heterocycles. The van der Waals surface area contributed by atoms with E-state index in [2.05, 4.69) is 0 Å². The molecule has 0 radical (unpaired) electrons. The molecule has 1 heterocycles. The number of hydrogen-bond acceptors (Lipinski definition) is 2. The van der Waals surface area contributed by atoms with Crippen LogP contribution in [0.15, 0.2) is 12.1 Å². The highest BCUT2D eigenvalue weighted by Gasteiger charge is 2.18. The lowest BCUT2D eigenvalue weighted by Crippen LogP contribution is -2.27. The quantitative estimate of drug-likeness (QED) is 0.656. The van der Waals surface area contributed by atoms with Crippen molar-refractivity contribution in [1.82, 2.24) is 4.90 Å². The molecule has 70 valence electrons. The number of rotatable bonds is 0. The van der Waals surface area contributed by atoms with Crippen molar-refractivity contribution in [2.24, 2.45) is 0 Å². The van der Waals surface area contributed by atoms with Crippen LogP contribution in [0.25, 0.3) is 0 Å². The molecule has 1 aromatic rings. The molecule has 0 saturated carbocycles. The van der Waals surface area contributed by atoms with Gasteiger partial charge in [0.25, 0.3) is 0 Å². The Morgan fingerprint density at radius 3 is 3.00 bits per heavy atom. The van der Waals surface area contributed by atoms with Gasteiger partial charge < -0.3 is 10.0 Å². The SMILES string of the molecule is CN1CCc2ccc(O)c(F)c2C1. The summed E-state index contributed by atoms with van der Waals surface area (Å²) in [6, 6.07) is 3.24. The topological polar surface area (TPSA) is 23.5 Å². The van der Waals surface area contributed by atoms with E-state index >= 15 is 0 Å². The summed E-state index contributed by atoms with van der Waals surface area (Å²) in [5.74, 6) is -0.696. The number of phenolic OH excluding ortho intramolecular Hbond substituents is 1. The largest absolute Gasteiger partial charge is 0.505 e. The third-order valence-corrected chi connectivity index (χ3v) is 2.51. The maximum Gasteiger partial charge on any atom is 0.169 e. The van der Waals surface area contributed by atoms with Gasteiger partial charge in [0, 0.05) is 18.7 Å². The van der Waals surface area contributed by atoms with Crippen LogP contribution < -0.4 is 0 Å². The highest BCUT2D eigenvalue weighted by Crippen LogP contribution is 2.26. The lowest BCUT2D eigenvalue weighted by Gasteiger charge is -2.25. The van der Waals surface area contributed by atoms with E-state index in [0.717, 1.165) is 18.5 Å². The molecule has 2 rings (SSSR count). The molecule has 1 N–H and O–H groups in total. The lowest BCUT2D eigenvalue weighted by atomic mass is 9.99. The fourth-order valence-electron chi connectivity index (χ4n) is 1.71. The smallest absolute Gasteiger partial charge is 0.169 e. The van der Waals surface area contributed by atoms with E-state index in [0.29, 0.717) is 12.1 Å². The minimum Gasteiger partial charge on any atom is -0.505 e. The molecule has 1 aliphatic rings. The number of benzene rings is 1. The predicted molar refractivity (Wildman–Crippen MR) is 48.1 cm³/mol. The van der Waals surface area contributed by atoms with Gasteiger partial charge in [0.05, 0.1) is 0 Å². The normalized spacial score (nSPS) is 17.1. The molecule has 2 nitrogen and oxygen atoms in total. The zero-order valence-corrected chi connectivity index (χ0v) is 7.55. The maximum atomic E-state index is 13.4. The third-order valence-electron chi connectivity index (χ3n) is 2.51. The highest BCUT2D eigenvalue weighted by atomic mass is 19.1. The lowest BCUT2D eigenvalue weighted by molar-refractivity contribution is 0.302. The number of likely N-dealkylation sites (N-methyl/N-ethyl adjacent to an activating group) is 1. The Balaban J connectivity index is 2.48. The molecule has 3 heteroatoms. The van der Waals surface area contributed by atoms with Gasteiger partial charge in [-0.1, -0.05) is 6.07 Å². The van der Waals surface area contributed by atoms with Gasteiger partial charge in [-0.2, -0.15) is 0 Å². The highest BCUT2D eigenvalue weighted by molar-refractivity contribution is 5.38. The molecule has 13 heavy (non-hydrogen) atoms. The molecule has 0 fully saturated rings. The number of aromatic hydroxyl groups is 1. The molecule has 0 spiro atoms. The molecule has 0 amide bonds. The van der Waals surface area contributed by atoms with Gasteiger partial charge >= 0.3 is 0 Å². The van der Waals surface area contributed by atoms with Crippen molar-refractivity contribution >= 4 is 0 Å². The average molecular weight is 181 g/mol. The first-order valence-electron chi connectivity index (χ1n) is 4.36.